The Hall–Kier alpha value is -2.70. The van der Waals surface area contributed by atoms with Crippen molar-refractivity contribution < 1.29 is 28.5 Å². The molecule has 0 radical (unpaired) electrons. The lowest BCUT2D eigenvalue weighted by molar-refractivity contribution is 0.0949. The summed E-state index contributed by atoms with van der Waals surface area (Å²) in [6.45, 7) is 6.38. The first kappa shape index (κ1) is 20.0. The highest BCUT2D eigenvalue weighted by molar-refractivity contribution is 6.30. The van der Waals surface area contributed by atoms with Gasteiger partial charge in [0.25, 0.3) is 0 Å². The molecule has 0 N–H and O–H groups in total. The van der Waals surface area contributed by atoms with E-state index in [1.165, 1.54) is 0 Å². The summed E-state index contributed by atoms with van der Waals surface area (Å²) < 4.78 is 22.0. The number of rotatable bonds is 10. The van der Waals surface area contributed by atoms with Crippen molar-refractivity contribution in [1.29, 1.82) is 0 Å². The summed E-state index contributed by atoms with van der Waals surface area (Å²) in [5, 5.41) is 0. The van der Waals surface area contributed by atoms with E-state index < -0.39 is 0 Å². The predicted molar refractivity (Wildman–Crippen MR) is 104 cm³/mol. The van der Waals surface area contributed by atoms with Crippen LogP contribution in [0.1, 0.15) is 45.7 Å². The lowest BCUT2D eigenvalue weighted by Crippen LogP contribution is -2.23. The van der Waals surface area contributed by atoms with Crippen LogP contribution in [-0.2, 0) is 9.47 Å². The minimum atomic E-state index is -0.274. The van der Waals surface area contributed by atoms with Crippen molar-refractivity contribution >= 4 is 11.6 Å². The van der Waals surface area contributed by atoms with Gasteiger partial charge in [-0.05, 0) is 26.0 Å². The Morgan fingerprint density at radius 2 is 1.11 bits per heavy atom. The second-order valence-electron chi connectivity index (χ2n) is 6.11. The summed E-state index contributed by atoms with van der Waals surface area (Å²) in [7, 11) is 0. The maximum atomic E-state index is 13.3. The highest BCUT2D eigenvalue weighted by atomic mass is 16.5. The van der Waals surface area contributed by atoms with Crippen LogP contribution in [0.2, 0.25) is 0 Å². The fourth-order valence-electron chi connectivity index (χ4n) is 3.13. The number of benzene rings is 2. The van der Waals surface area contributed by atoms with Gasteiger partial charge < -0.3 is 18.9 Å². The molecule has 148 valence electrons. The number of ketones is 2. The van der Waals surface area contributed by atoms with Gasteiger partial charge in [-0.15, -0.1) is 0 Å². The van der Waals surface area contributed by atoms with Gasteiger partial charge >= 0.3 is 0 Å². The highest BCUT2D eigenvalue weighted by Gasteiger charge is 2.34. The van der Waals surface area contributed by atoms with Crippen LogP contribution in [0, 0.1) is 0 Å². The van der Waals surface area contributed by atoms with Gasteiger partial charge in [0, 0.05) is 24.3 Å². The minimum Gasteiger partial charge on any atom is -0.490 e. The fourth-order valence-corrected chi connectivity index (χ4v) is 3.13. The first-order chi connectivity index (χ1) is 13.7. The van der Waals surface area contributed by atoms with Crippen molar-refractivity contribution in [3.63, 3.8) is 0 Å². The Balaban J connectivity index is 1.92. The van der Waals surface area contributed by atoms with Crippen molar-refractivity contribution in [3.05, 3.63) is 58.7 Å². The first-order valence-electron chi connectivity index (χ1n) is 9.45. The second-order valence-corrected chi connectivity index (χ2v) is 6.11. The lowest BCUT2D eigenvalue weighted by Gasteiger charge is -2.22. The van der Waals surface area contributed by atoms with Crippen LogP contribution in [0.4, 0.5) is 0 Å². The summed E-state index contributed by atoms with van der Waals surface area (Å²) in [5.41, 5.74) is 1.24. The maximum Gasteiger partial charge on any atom is 0.201 e. The number of fused-ring (bicyclic) bond motifs is 2. The average Bonchev–Trinajstić information content (AvgIpc) is 2.72. The van der Waals surface area contributed by atoms with Crippen molar-refractivity contribution in [2.24, 2.45) is 0 Å². The quantitative estimate of drug-likeness (QED) is 0.500. The summed E-state index contributed by atoms with van der Waals surface area (Å²) >= 11 is 0. The van der Waals surface area contributed by atoms with Crippen molar-refractivity contribution in [3.8, 4) is 11.5 Å². The summed E-state index contributed by atoms with van der Waals surface area (Å²) in [4.78, 5) is 26.3. The Morgan fingerprint density at radius 3 is 1.54 bits per heavy atom. The van der Waals surface area contributed by atoms with Crippen LogP contribution in [0.5, 0.6) is 11.5 Å². The SMILES string of the molecule is CCOCCOc1cccc2c1C(=O)c1c(OCCOCC)cccc1C2=O. The van der Waals surface area contributed by atoms with Crippen molar-refractivity contribution in [1.82, 2.24) is 0 Å². The molecular weight excluding hydrogens is 360 g/mol. The van der Waals surface area contributed by atoms with Gasteiger partial charge in [-0.2, -0.15) is 0 Å². The topological polar surface area (TPSA) is 71.1 Å². The van der Waals surface area contributed by atoms with Gasteiger partial charge in [-0.25, -0.2) is 0 Å². The van der Waals surface area contributed by atoms with E-state index >= 15 is 0 Å². The van der Waals surface area contributed by atoms with Gasteiger partial charge in [-0.3, -0.25) is 9.59 Å². The van der Waals surface area contributed by atoms with Gasteiger partial charge in [-0.1, -0.05) is 24.3 Å². The molecule has 0 heterocycles. The predicted octanol–water partition coefficient (Wildman–Crippen LogP) is 3.29. The molecule has 0 aliphatic heterocycles. The van der Waals surface area contributed by atoms with Crippen LogP contribution < -0.4 is 9.47 Å². The zero-order valence-corrected chi connectivity index (χ0v) is 16.2. The fraction of sp³-hybridized carbons (Fsp3) is 0.364. The van der Waals surface area contributed by atoms with E-state index in [9.17, 15) is 9.59 Å². The van der Waals surface area contributed by atoms with Crippen molar-refractivity contribution in [2.75, 3.05) is 39.6 Å². The molecule has 1 aliphatic rings. The molecule has 2 aromatic rings. The molecule has 0 saturated heterocycles. The van der Waals surface area contributed by atoms with Gasteiger partial charge in [0.05, 0.1) is 24.3 Å². The average molecular weight is 384 g/mol. The molecule has 28 heavy (non-hydrogen) atoms. The van der Waals surface area contributed by atoms with Crippen LogP contribution in [0.25, 0.3) is 0 Å². The number of hydrogen-bond acceptors (Lipinski definition) is 6. The molecule has 1 aliphatic carbocycles. The van der Waals surface area contributed by atoms with Gasteiger partial charge in [0.1, 0.15) is 24.7 Å². The number of hydrogen-bond donors (Lipinski definition) is 0. The van der Waals surface area contributed by atoms with E-state index in [2.05, 4.69) is 0 Å². The van der Waals surface area contributed by atoms with E-state index in [0.29, 0.717) is 62.3 Å². The van der Waals surface area contributed by atoms with E-state index in [1.54, 1.807) is 36.4 Å². The van der Waals surface area contributed by atoms with Crippen molar-refractivity contribution in [2.45, 2.75) is 13.8 Å². The number of ether oxygens (including phenoxy) is 4. The van der Waals surface area contributed by atoms with Crippen LogP contribution in [0.3, 0.4) is 0 Å². The number of carbonyl (C=O) groups is 2. The standard InChI is InChI=1S/C22H24O6/c1-3-25-11-13-27-17-9-5-7-15-19(17)22(24)20-16(21(15)23)8-6-10-18(20)28-14-12-26-4-2/h5-10H,3-4,11-14H2,1-2H3. The summed E-state index contributed by atoms with van der Waals surface area (Å²) in [6, 6.07) is 10.1. The maximum absolute atomic E-state index is 13.3. The van der Waals surface area contributed by atoms with E-state index in [0.717, 1.165) is 0 Å². The first-order valence-corrected chi connectivity index (χ1v) is 9.45. The highest BCUT2D eigenvalue weighted by Crippen LogP contribution is 2.37. The molecule has 0 bridgehead atoms. The summed E-state index contributed by atoms with van der Waals surface area (Å²) in [5.74, 6) is 0.273. The molecule has 0 fully saturated rings. The molecule has 2 aromatic carbocycles. The molecule has 0 unspecified atom stereocenters. The number of carbonyl (C=O) groups excluding carboxylic acids is 2. The van der Waals surface area contributed by atoms with Crippen LogP contribution in [-0.4, -0.2) is 51.2 Å². The Morgan fingerprint density at radius 1 is 0.643 bits per heavy atom. The molecule has 3 rings (SSSR count). The molecule has 0 spiro atoms. The minimum absolute atomic E-state index is 0.213. The van der Waals surface area contributed by atoms with E-state index in [-0.39, 0.29) is 22.7 Å². The van der Waals surface area contributed by atoms with E-state index in [1.807, 2.05) is 13.8 Å². The molecular formula is C22H24O6. The third-order valence-corrected chi connectivity index (χ3v) is 4.37. The van der Waals surface area contributed by atoms with Crippen LogP contribution >= 0.6 is 0 Å². The molecule has 0 amide bonds. The third kappa shape index (κ3) is 4.08. The normalized spacial score (nSPS) is 12.5. The zero-order chi connectivity index (χ0) is 19.9. The molecule has 0 atom stereocenters. The zero-order valence-electron chi connectivity index (χ0n) is 16.2. The largest absolute Gasteiger partial charge is 0.490 e. The Kier molecular flexibility index (Phi) is 6.79. The molecule has 6 heteroatoms. The van der Waals surface area contributed by atoms with Gasteiger partial charge in [0.15, 0.2) is 5.78 Å². The Bertz CT molecular complexity index is 791. The van der Waals surface area contributed by atoms with E-state index in [4.69, 9.17) is 18.9 Å². The molecule has 6 nitrogen and oxygen atoms in total. The molecule has 0 saturated carbocycles. The lowest BCUT2D eigenvalue weighted by atomic mass is 9.83. The van der Waals surface area contributed by atoms with Crippen LogP contribution in [0.15, 0.2) is 36.4 Å². The second kappa shape index (κ2) is 9.48. The smallest absolute Gasteiger partial charge is 0.201 e. The molecule has 0 aromatic heterocycles. The third-order valence-electron chi connectivity index (χ3n) is 4.37. The van der Waals surface area contributed by atoms with Gasteiger partial charge in [0.2, 0.25) is 5.78 Å². The Labute approximate surface area is 164 Å². The monoisotopic (exact) mass is 384 g/mol. The summed E-state index contributed by atoms with van der Waals surface area (Å²) in [6.07, 6.45) is 0.